The van der Waals surface area contributed by atoms with E-state index in [4.69, 9.17) is 10.8 Å². The molecule has 2 aromatic rings. The van der Waals surface area contributed by atoms with Crippen molar-refractivity contribution in [2.24, 2.45) is 0 Å². The molecule has 0 bridgehead atoms. The lowest BCUT2D eigenvalue weighted by Crippen LogP contribution is -2.31. The number of rotatable bonds is 5. The molecule has 10 heteroatoms. The number of hydrogen-bond donors (Lipinski definition) is 3. The summed E-state index contributed by atoms with van der Waals surface area (Å²) in [4.78, 5) is 11.4. The Morgan fingerprint density at radius 3 is 2.79 bits per heavy atom. The predicted molar refractivity (Wildman–Crippen MR) is 61.9 cm³/mol. The lowest BCUT2D eigenvalue weighted by molar-refractivity contribution is -0.0374. The Labute approximate surface area is 106 Å². The molecule has 0 aliphatic rings. The molecule has 19 heavy (non-hydrogen) atoms. The number of aromatic nitrogens is 5. The predicted octanol–water partition coefficient (Wildman–Crippen LogP) is -0.321. The summed E-state index contributed by atoms with van der Waals surface area (Å²) < 4.78 is 27.1. The maximum absolute atomic E-state index is 12.9. The Kier molecular flexibility index (Phi) is 3.51. The number of halogens is 2. The first-order chi connectivity index (χ1) is 9.00. The van der Waals surface area contributed by atoms with Gasteiger partial charge in [0.25, 0.3) is 11.9 Å². The van der Waals surface area contributed by atoms with Gasteiger partial charge < -0.3 is 16.2 Å². The van der Waals surface area contributed by atoms with Crippen molar-refractivity contribution in [3.05, 3.63) is 18.5 Å². The molecule has 102 valence electrons. The van der Waals surface area contributed by atoms with E-state index >= 15 is 0 Å². The van der Waals surface area contributed by atoms with Gasteiger partial charge in [-0.05, 0) is 6.07 Å². The number of alkyl halides is 2. The summed E-state index contributed by atoms with van der Waals surface area (Å²) in [6, 6.07) is 1.65. The normalized spacial score (nSPS) is 11.5. The molecule has 0 unspecified atom stereocenters. The van der Waals surface area contributed by atoms with Crippen molar-refractivity contribution >= 4 is 11.9 Å². The minimum absolute atomic E-state index is 0.104. The van der Waals surface area contributed by atoms with Crippen molar-refractivity contribution in [2.75, 3.05) is 24.2 Å². The van der Waals surface area contributed by atoms with Gasteiger partial charge in [-0.1, -0.05) is 0 Å². The number of hydrogen-bond acceptors (Lipinski definition) is 7. The van der Waals surface area contributed by atoms with Crippen molar-refractivity contribution in [2.45, 2.75) is 5.92 Å². The summed E-state index contributed by atoms with van der Waals surface area (Å²) in [5, 5.41) is 14.6. The molecule has 0 aliphatic carbocycles. The van der Waals surface area contributed by atoms with Crippen LogP contribution in [-0.2, 0) is 0 Å². The lowest BCUT2D eigenvalue weighted by atomic mass is 10.3. The van der Waals surface area contributed by atoms with Gasteiger partial charge in [0.1, 0.15) is 6.61 Å². The highest BCUT2D eigenvalue weighted by Crippen LogP contribution is 2.13. The van der Waals surface area contributed by atoms with Gasteiger partial charge in [0.05, 0.1) is 6.54 Å². The van der Waals surface area contributed by atoms with Crippen LogP contribution in [0.3, 0.4) is 0 Å². The van der Waals surface area contributed by atoms with Crippen LogP contribution in [-0.4, -0.2) is 48.9 Å². The Hall–Kier alpha value is -2.36. The van der Waals surface area contributed by atoms with Gasteiger partial charge in [0, 0.05) is 12.4 Å². The Balaban J connectivity index is 2.18. The van der Waals surface area contributed by atoms with E-state index in [-0.39, 0.29) is 17.8 Å². The number of aliphatic hydroxyl groups excluding tert-OH is 1. The summed E-state index contributed by atoms with van der Waals surface area (Å²) in [5.41, 5.74) is 5.46. The van der Waals surface area contributed by atoms with E-state index in [9.17, 15) is 8.78 Å². The monoisotopic (exact) mass is 271 g/mol. The van der Waals surface area contributed by atoms with Gasteiger partial charge in [0.15, 0.2) is 0 Å². The molecule has 0 aliphatic heterocycles. The van der Waals surface area contributed by atoms with Crippen LogP contribution in [0.1, 0.15) is 0 Å². The Morgan fingerprint density at radius 2 is 2.16 bits per heavy atom. The maximum Gasteiger partial charge on any atom is 0.287 e. The molecule has 4 N–H and O–H groups in total. The number of anilines is 2. The maximum atomic E-state index is 12.9. The second-order valence-corrected chi connectivity index (χ2v) is 3.64. The third-order valence-electron chi connectivity index (χ3n) is 2.09. The minimum atomic E-state index is -3.27. The fourth-order valence-corrected chi connectivity index (χ4v) is 1.21. The van der Waals surface area contributed by atoms with Crippen LogP contribution >= 0.6 is 0 Å². The van der Waals surface area contributed by atoms with Crippen LogP contribution in [0.5, 0.6) is 0 Å². The standard InChI is InChI=1S/C9H11F2N7O/c10-9(11,5-19)4-13-7-15-6(12)16-8(17-7)18-3-1-2-14-18/h1-3,19H,4-5H2,(H3,12,13,15,16,17). The summed E-state index contributed by atoms with van der Waals surface area (Å²) in [7, 11) is 0. The second-order valence-electron chi connectivity index (χ2n) is 3.64. The average Bonchev–Trinajstić information content (AvgIpc) is 2.90. The van der Waals surface area contributed by atoms with Gasteiger partial charge in [-0.2, -0.15) is 20.1 Å². The van der Waals surface area contributed by atoms with Gasteiger partial charge >= 0.3 is 0 Å². The van der Waals surface area contributed by atoms with E-state index in [1.807, 2.05) is 0 Å². The summed E-state index contributed by atoms with van der Waals surface area (Å²) in [5.74, 6) is -3.42. The van der Waals surface area contributed by atoms with Crippen molar-refractivity contribution in [3.8, 4) is 5.95 Å². The molecule has 0 spiro atoms. The number of nitrogen functional groups attached to an aromatic ring is 1. The molecule has 8 nitrogen and oxygen atoms in total. The van der Waals surface area contributed by atoms with Crippen LogP contribution < -0.4 is 11.1 Å². The highest BCUT2D eigenvalue weighted by Gasteiger charge is 2.27. The topological polar surface area (TPSA) is 115 Å². The highest BCUT2D eigenvalue weighted by atomic mass is 19.3. The van der Waals surface area contributed by atoms with Crippen molar-refractivity contribution in [3.63, 3.8) is 0 Å². The van der Waals surface area contributed by atoms with Crippen LogP contribution in [0.15, 0.2) is 18.5 Å². The molecule has 0 amide bonds. The number of nitrogens with one attached hydrogen (secondary N) is 1. The number of nitrogens with two attached hydrogens (primary N) is 1. The SMILES string of the molecule is Nc1nc(NCC(F)(F)CO)nc(-n2cccn2)n1. The third kappa shape index (κ3) is 3.31. The van der Waals surface area contributed by atoms with E-state index in [2.05, 4.69) is 25.4 Å². The summed E-state index contributed by atoms with van der Waals surface area (Å²) in [6.07, 6.45) is 3.08. The Morgan fingerprint density at radius 1 is 1.37 bits per heavy atom. The van der Waals surface area contributed by atoms with Crippen LogP contribution in [0.25, 0.3) is 5.95 Å². The number of nitrogens with zero attached hydrogens (tertiary/aromatic N) is 5. The molecule has 0 radical (unpaired) electrons. The van der Waals surface area contributed by atoms with Crippen LogP contribution in [0, 0.1) is 0 Å². The number of aliphatic hydroxyl groups is 1. The first kappa shape index (κ1) is 13.1. The summed E-state index contributed by atoms with van der Waals surface area (Å²) in [6.45, 7) is -2.09. The zero-order valence-electron chi connectivity index (χ0n) is 9.66. The lowest BCUT2D eigenvalue weighted by Gasteiger charge is -2.14. The van der Waals surface area contributed by atoms with Crippen LogP contribution in [0.2, 0.25) is 0 Å². The molecule has 2 aromatic heterocycles. The minimum Gasteiger partial charge on any atom is -0.390 e. The molecule has 2 heterocycles. The molecule has 0 atom stereocenters. The van der Waals surface area contributed by atoms with Gasteiger partial charge in [-0.25, -0.2) is 13.5 Å². The molecule has 2 rings (SSSR count). The first-order valence-electron chi connectivity index (χ1n) is 5.24. The largest absolute Gasteiger partial charge is 0.390 e. The first-order valence-corrected chi connectivity index (χ1v) is 5.24. The van der Waals surface area contributed by atoms with E-state index in [0.717, 1.165) is 0 Å². The molecule has 0 aromatic carbocycles. The van der Waals surface area contributed by atoms with Crippen molar-refractivity contribution < 1.29 is 13.9 Å². The van der Waals surface area contributed by atoms with Gasteiger partial charge in [-0.3, -0.25) is 0 Å². The average molecular weight is 271 g/mol. The van der Waals surface area contributed by atoms with E-state index in [0.29, 0.717) is 0 Å². The van der Waals surface area contributed by atoms with E-state index < -0.39 is 19.1 Å². The zero-order valence-corrected chi connectivity index (χ0v) is 9.66. The van der Waals surface area contributed by atoms with Crippen molar-refractivity contribution in [1.29, 1.82) is 0 Å². The molecule has 0 saturated carbocycles. The third-order valence-corrected chi connectivity index (χ3v) is 2.09. The van der Waals surface area contributed by atoms with E-state index in [1.54, 1.807) is 12.3 Å². The molecular formula is C9H11F2N7O. The van der Waals surface area contributed by atoms with Gasteiger partial charge in [0.2, 0.25) is 11.9 Å². The molecule has 0 fully saturated rings. The molecular weight excluding hydrogens is 260 g/mol. The van der Waals surface area contributed by atoms with E-state index in [1.165, 1.54) is 10.9 Å². The second kappa shape index (κ2) is 5.10. The molecule has 0 saturated heterocycles. The van der Waals surface area contributed by atoms with Gasteiger partial charge in [-0.15, -0.1) is 0 Å². The summed E-state index contributed by atoms with van der Waals surface area (Å²) >= 11 is 0. The van der Waals surface area contributed by atoms with Crippen LogP contribution in [0.4, 0.5) is 20.7 Å². The smallest absolute Gasteiger partial charge is 0.287 e. The Bertz CT molecular complexity index is 546. The highest BCUT2D eigenvalue weighted by molar-refractivity contribution is 5.35. The zero-order chi connectivity index (χ0) is 13.9. The van der Waals surface area contributed by atoms with Crippen molar-refractivity contribution in [1.82, 2.24) is 24.7 Å². The fraction of sp³-hybridized carbons (Fsp3) is 0.333. The fourth-order valence-electron chi connectivity index (χ4n) is 1.21. The quantitative estimate of drug-likeness (QED) is 0.682.